The summed E-state index contributed by atoms with van der Waals surface area (Å²) in [5.74, 6) is -6.12. The summed E-state index contributed by atoms with van der Waals surface area (Å²) in [7, 11) is 0. The molecule has 0 saturated carbocycles. The maximum atomic E-state index is 13.2. The van der Waals surface area contributed by atoms with Gasteiger partial charge in [0.15, 0.2) is 17.5 Å². The first-order valence-corrected chi connectivity index (χ1v) is 5.30. The minimum absolute atomic E-state index is 0.144. The lowest BCUT2D eigenvalue weighted by Gasteiger charge is -2.10. The molecule has 0 fully saturated rings. The van der Waals surface area contributed by atoms with Crippen molar-refractivity contribution in [3.05, 3.63) is 57.3 Å². The molecule has 0 bridgehead atoms. The Balaban J connectivity index is 2.73. The molecule has 20 heavy (non-hydrogen) atoms. The molecule has 0 aliphatic heterocycles. The number of nitrogens with zero attached hydrogens (tertiary/aromatic N) is 2. The maximum absolute atomic E-state index is 13.2. The molecule has 0 atom stereocenters. The van der Waals surface area contributed by atoms with Gasteiger partial charge in [-0.3, -0.25) is 4.79 Å². The van der Waals surface area contributed by atoms with Gasteiger partial charge in [-0.25, -0.2) is 22.6 Å². The number of halogens is 3. The van der Waals surface area contributed by atoms with Crippen LogP contribution < -0.4 is 5.43 Å². The van der Waals surface area contributed by atoms with E-state index in [0.29, 0.717) is 12.1 Å². The summed E-state index contributed by atoms with van der Waals surface area (Å²) < 4.78 is 40.0. The molecule has 0 spiro atoms. The van der Waals surface area contributed by atoms with Crippen LogP contribution in [0, 0.1) is 24.4 Å². The van der Waals surface area contributed by atoms with Crippen LogP contribution in [-0.2, 0) is 0 Å². The Morgan fingerprint density at radius 1 is 1.20 bits per heavy atom. The van der Waals surface area contributed by atoms with Crippen LogP contribution in [0.5, 0.6) is 0 Å². The van der Waals surface area contributed by atoms with Crippen molar-refractivity contribution < 1.29 is 23.1 Å². The third-order valence-electron chi connectivity index (χ3n) is 2.52. The smallest absolute Gasteiger partial charge is 0.360 e. The van der Waals surface area contributed by atoms with Gasteiger partial charge in [-0.1, -0.05) is 0 Å². The second-order valence-corrected chi connectivity index (χ2v) is 3.94. The van der Waals surface area contributed by atoms with Gasteiger partial charge >= 0.3 is 5.97 Å². The van der Waals surface area contributed by atoms with Gasteiger partial charge in [-0.2, -0.15) is 5.10 Å². The predicted molar refractivity (Wildman–Crippen MR) is 61.4 cm³/mol. The van der Waals surface area contributed by atoms with E-state index in [1.54, 1.807) is 0 Å². The van der Waals surface area contributed by atoms with E-state index in [9.17, 15) is 22.8 Å². The second kappa shape index (κ2) is 4.80. The van der Waals surface area contributed by atoms with Crippen molar-refractivity contribution in [2.24, 2.45) is 0 Å². The average Bonchev–Trinajstić information content (AvgIpc) is 2.35. The normalized spacial score (nSPS) is 10.6. The van der Waals surface area contributed by atoms with E-state index in [1.807, 2.05) is 0 Å². The topological polar surface area (TPSA) is 72.2 Å². The number of aromatic carboxylic acids is 1. The first-order chi connectivity index (χ1) is 9.31. The number of hydrogen-bond donors (Lipinski definition) is 1. The highest BCUT2D eigenvalue weighted by atomic mass is 19.2. The van der Waals surface area contributed by atoms with Crippen molar-refractivity contribution >= 4 is 5.97 Å². The van der Waals surface area contributed by atoms with Crippen LogP contribution in [0.1, 0.15) is 16.2 Å². The number of rotatable bonds is 2. The summed E-state index contributed by atoms with van der Waals surface area (Å²) >= 11 is 0. The number of carboxylic acid groups (broad SMARTS) is 1. The molecular weight excluding hydrogens is 277 g/mol. The van der Waals surface area contributed by atoms with Gasteiger partial charge in [-0.05, 0) is 6.92 Å². The third-order valence-corrected chi connectivity index (χ3v) is 2.52. The predicted octanol–water partition coefficient (Wildman–Crippen LogP) is 1.66. The fraction of sp³-hybridized carbons (Fsp3) is 0.0833. The number of carbonyl (C=O) groups is 1. The lowest BCUT2D eigenvalue weighted by molar-refractivity contribution is 0.0686. The molecular formula is C12H7F3N2O3. The Bertz CT molecular complexity index is 748. The minimum atomic E-state index is -1.65. The van der Waals surface area contributed by atoms with E-state index in [-0.39, 0.29) is 11.4 Å². The van der Waals surface area contributed by atoms with Crippen LogP contribution >= 0.6 is 0 Å². The SMILES string of the molecule is Cc1cc(=O)c(C(=O)O)nn1-c1cc(F)c(F)c(F)c1. The number of carboxylic acids is 1. The van der Waals surface area contributed by atoms with Crippen LogP contribution in [0.2, 0.25) is 0 Å². The van der Waals surface area contributed by atoms with E-state index in [2.05, 4.69) is 5.10 Å². The van der Waals surface area contributed by atoms with Crippen molar-refractivity contribution in [2.75, 3.05) is 0 Å². The Morgan fingerprint density at radius 2 is 1.75 bits per heavy atom. The molecule has 0 aliphatic rings. The first kappa shape index (κ1) is 13.8. The van der Waals surface area contributed by atoms with Gasteiger partial charge in [0.25, 0.3) is 0 Å². The van der Waals surface area contributed by atoms with Gasteiger partial charge in [-0.15, -0.1) is 0 Å². The molecule has 0 amide bonds. The molecule has 0 unspecified atom stereocenters. The number of benzene rings is 1. The number of hydrogen-bond acceptors (Lipinski definition) is 3. The van der Waals surface area contributed by atoms with E-state index in [0.717, 1.165) is 10.7 Å². The molecule has 8 heteroatoms. The monoisotopic (exact) mass is 284 g/mol. The molecule has 1 N–H and O–H groups in total. The Morgan fingerprint density at radius 3 is 2.25 bits per heavy atom. The van der Waals surface area contributed by atoms with Crippen LogP contribution in [0.25, 0.3) is 5.69 Å². The van der Waals surface area contributed by atoms with Crippen LogP contribution in [0.15, 0.2) is 23.0 Å². The molecule has 1 aromatic carbocycles. The van der Waals surface area contributed by atoms with Crippen molar-refractivity contribution in [3.63, 3.8) is 0 Å². The lowest BCUT2D eigenvalue weighted by Crippen LogP contribution is -2.22. The zero-order valence-corrected chi connectivity index (χ0v) is 10.0. The summed E-state index contributed by atoms with van der Waals surface area (Å²) in [6.07, 6.45) is 0. The highest BCUT2D eigenvalue weighted by molar-refractivity contribution is 5.84. The highest BCUT2D eigenvalue weighted by Crippen LogP contribution is 2.17. The van der Waals surface area contributed by atoms with Crippen LogP contribution in [0.3, 0.4) is 0 Å². The largest absolute Gasteiger partial charge is 0.476 e. The molecule has 0 saturated heterocycles. The Labute approximate surface area is 109 Å². The van der Waals surface area contributed by atoms with Crippen molar-refractivity contribution in [3.8, 4) is 5.69 Å². The fourth-order valence-corrected chi connectivity index (χ4v) is 1.62. The highest BCUT2D eigenvalue weighted by Gasteiger charge is 2.16. The molecule has 2 rings (SSSR count). The lowest BCUT2D eigenvalue weighted by atomic mass is 10.2. The molecule has 2 aromatic rings. The zero-order chi connectivity index (χ0) is 15.0. The van der Waals surface area contributed by atoms with Gasteiger partial charge in [0.05, 0.1) is 5.69 Å². The van der Waals surface area contributed by atoms with Crippen molar-refractivity contribution in [2.45, 2.75) is 6.92 Å². The molecule has 5 nitrogen and oxygen atoms in total. The standard InChI is InChI=1S/C12H7F3N2O3/c1-5-2-9(18)11(12(19)20)16-17(5)6-3-7(13)10(15)8(14)4-6/h2-4H,1H3,(H,19,20). The van der Waals surface area contributed by atoms with E-state index >= 15 is 0 Å². The Hall–Kier alpha value is -2.64. The first-order valence-electron chi connectivity index (χ1n) is 5.30. The maximum Gasteiger partial charge on any atom is 0.360 e. The summed E-state index contributed by atoms with van der Waals surface area (Å²) in [6, 6.07) is 2.25. The quantitative estimate of drug-likeness (QED) is 0.851. The fourth-order valence-electron chi connectivity index (χ4n) is 1.62. The van der Waals surface area contributed by atoms with Crippen LogP contribution in [-0.4, -0.2) is 20.9 Å². The summed E-state index contributed by atoms with van der Waals surface area (Å²) in [5, 5.41) is 12.3. The molecule has 1 aromatic heterocycles. The summed E-state index contributed by atoms with van der Waals surface area (Å²) in [5.41, 5.74) is -1.73. The molecule has 0 aliphatic carbocycles. The van der Waals surface area contributed by atoms with Gasteiger partial charge < -0.3 is 5.11 Å². The number of aryl methyl sites for hydroxylation is 1. The van der Waals surface area contributed by atoms with Gasteiger partial charge in [0.2, 0.25) is 11.1 Å². The van der Waals surface area contributed by atoms with Gasteiger partial charge in [0, 0.05) is 23.9 Å². The van der Waals surface area contributed by atoms with Crippen molar-refractivity contribution in [1.29, 1.82) is 0 Å². The van der Waals surface area contributed by atoms with Crippen LogP contribution in [0.4, 0.5) is 13.2 Å². The van der Waals surface area contributed by atoms with E-state index in [1.165, 1.54) is 6.92 Å². The molecule has 1 heterocycles. The number of aromatic nitrogens is 2. The van der Waals surface area contributed by atoms with Crippen molar-refractivity contribution in [1.82, 2.24) is 9.78 Å². The second-order valence-electron chi connectivity index (χ2n) is 3.94. The van der Waals surface area contributed by atoms with E-state index in [4.69, 9.17) is 5.11 Å². The third kappa shape index (κ3) is 2.27. The Kier molecular flexibility index (Phi) is 3.31. The van der Waals surface area contributed by atoms with E-state index < -0.39 is 34.5 Å². The van der Waals surface area contributed by atoms with Gasteiger partial charge in [0.1, 0.15) is 0 Å². The molecule has 0 radical (unpaired) electrons. The summed E-state index contributed by atoms with van der Waals surface area (Å²) in [6.45, 7) is 1.39. The minimum Gasteiger partial charge on any atom is -0.476 e. The average molecular weight is 284 g/mol. The molecule has 104 valence electrons. The summed E-state index contributed by atoms with van der Waals surface area (Å²) in [4.78, 5) is 22.2. The zero-order valence-electron chi connectivity index (χ0n) is 10.0.